The highest BCUT2D eigenvalue weighted by atomic mass is 32.2. The van der Waals surface area contributed by atoms with Gasteiger partial charge in [0.25, 0.3) is 0 Å². The molecule has 138 valence electrons. The minimum atomic E-state index is -0.183. The van der Waals surface area contributed by atoms with Crippen LogP contribution in [-0.4, -0.2) is 20.4 Å². The molecule has 0 saturated carbocycles. The monoisotopic (exact) mass is 386 g/mol. The van der Waals surface area contributed by atoms with Crippen LogP contribution < -0.4 is 5.32 Å². The molecule has 4 aromatic rings. The largest absolute Gasteiger partial charge is 0.329 e. The normalized spacial score (nSPS) is 11.2. The Bertz CT molecular complexity index is 1140. The van der Waals surface area contributed by atoms with Crippen molar-refractivity contribution < 1.29 is 4.79 Å². The summed E-state index contributed by atoms with van der Waals surface area (Å²) in [4.78, 5) is 22.0. The van der Waals surface area contributed by atoms with Crippen molar-refractivity contribution >= 4 is 40.3 Å². The van der Waals surface area contributed by atoms with Crippen LogP contribution >= 0.6 is 11.8 Å². The summed E-state index contributed by atoms with van der Waals surface area (Å²) in [5.41, 5.74) is 2.54. The number of benzene rings is 2. The molecule has 28 heavy (non-hydrogen) atoms. The van der Waals surface area contributed by atoms with Crippen LogP contribution in [0, 0.1) is 0 Å². The number of amides is 1. The van der Waals surface area contributed by atoms with Gasteiger partial charge in [0.15, 0.2) is 5.16 Å². The summed E-state index contributed by atoms with van der Waals surface area (Å²) in [6, 6.07) is 17.5. The quantitative estimate of drug-likeness (QED) is 0.502. The molecule has 1 N–H and O–H groups in total. The number of imidazole rings is 1. The molecule has 0 aliphatic rings. The number of pyridine rings is 1. The highest BCUT2D eigenvalue weighted by Gasteiger charge is 2.04. The lowest BCUT2D eigenvalue weighted by Crippen LogP contribution is -2.07. The van der Waals surface area contributed by atoms with Crippen molar-refractivity contribution in [3.8, 4) is 0 Å². The summed E-state index contributed by atoms with van der Waals surface area (Å²) in [7, 11) is 1.96. The summed E-state index contributed by atoms with van der Waals surface area (Å²) in [6.45, 7) is 0. The first-order chi connectivity index (χ1) is 13.7. The van der Waals surface area contributed by atoms with Gasteiger partial charge in [0.1, 0.15) is 0 Å². The fraction of sp³-hybridized carbons (Fsp3) is 0.0455. The highest BCUT2D eigenvalue weighted by molar-refractivity contribution is 7.99. The molecule has 0 spiro atoms. The smallest absolute Gasteiger partial charge is 0.248 e. The van der Waals surface area contributed by atoms with Crippen LogP contribution in [0.5, 0.6) is 0 Å². The minimum absolute atomic E-state index is 0.183. The third-order valence-corrected chi connectivity index (χ3v) is 5.27. The molecule has 1 amide bonds. The molecule has 4 rings (SSSR count). The minimum Gasteiger partial charge on any atom is -0.329 e. The van der Waals surface area contributed by atoms with Gasteiger partial charge in [-0.15, -0.1) is 0 Å². The van der Waals surface area contributed by atoms with E-state index in [1.807, 2.05) is 72.4 Å². The second-order valence-electron chi connectivity index (χ2n) is 6.19. The number of carbonyl (C=O) groups is 1. The van der Waals surface area contributed by atoms with E-state index in [1.165, 1.54) is 6.08 Å². The van der Waals surface area contributed by atoms with E-state index in [2.05, 4.69) is 15.3 Å². The zero-order chi connectivity index (χ0) is 19.3. The fourth-order valence-corrected chi connectivity index (χ4v) is 3.58. The molecule has 0 bridgehead atoms. The molecule has 0 saturated heterocycles. The third kappa shape index (κ3) is 4.13. The van der Waals surface area contributed by atoms with Crippen LogP contribution in [-0.2, 0) is 11.8 Å². The lowest BCUT2D eigenvalue weighted by molar-refractivity contribution is -0.111. The van der Waals surface area contributed by atoms with E-state index in [0.29, 0.717) is 0 Å². The molecule has 0 aliphatic carbocycles. The third-order valence-electron chi connectivity index (χ3n) is 4.19. The molecule has 0 atom stereocenters. The number of rotatable bonds is 5. The van der Waals surface area contributed by atoms with Crippen LogP contribution in [0.1, 0.15) is 5.56 Å². The molecule has 0 aliphatic heterocycles. The number of hydrogen-bond acceptors (Lipinski definition) is 4. The number of anilines is 1. The van der Waals surface area contributed by atoms with Crippen LogP contribution in [0.2, 0.25) is 0 Å². The van der Waals surface area contributed by atoms with Gasteiger partial charge in [-0.05, 0) is 36.4 Å². The predicted molar refractivity (Wildman–Crippen MR) is 113 cm³/mol. The molecule has 5 nitrogen and oxygen atoms in total. The summed E-state index contributed by atoms with van der Waals surface area (Å²) in [6.07, 6.45) is 8.75. The summed E-state index contributed by atoms with van der Waals surface area (Å²) >= 11 is 1.58. The van der Waals surface area contributed by atoms with Gasteiger partial charge >= 0.3 is 0 Å². The maximum absolute atomic E-state index is 12.3. The maximum Gasteiger partial charge on any atom is 0.248 e. The van der Waals surface area contributed by atoms with E-state index in [1.54, 1.807) is 30.2 Å². The Morgan fingerprint density at radius 1 is 1.04 bits per heavy atom. The first-order valence-corrected chi connectivity index (χ1v) is 9.59. The lowest BCUT2D eigenvalue weighted by atomic mass is 10.1. The van der Waals surface area contributed by atoms with E-state index in [4.69, 9.17) is 0 Å². The molecular formula is C22H18N4OS. The van der Waals surface area contributed by atoms with Crippen LogP contribution in [0.15, 0.2) is 89.3 Å². The van der Waals surface area contributed by atoms with Gasteiger partial charge < -0.3 is 9.88 Å². The van der Waals surface area contributed by atoms with Gasteiger partial charge in [0, 0.05) is 53.2 Å². The van der Waals surface area contributed by atoms with Crippen molar-refractivity contribution in [1.82, 2.24) is 14.5 Å². The van der Waals surface area contributed by atoms with E-state index >= 15 is 0 Å². The molecule has 2 aromatic carbocycles. The van der Waals surface area contributed by atoms with Gasteiger partial charge in [0.05, 0.1) is 5.52 Å². The Labute approximate surface area is 167 Å². The molecular weight excluding hydrogens is 368 g/mol. The van der Waals surface area contributed by atoms with Gasteiger partial charge in [0.2, 0.25) is 5.91 Å². The van der Waals surface area contributed by atoms with E-state index in [0.717, 1.165) is 32.2 Å². The topological polar surface area (TPSA) is 59.8 Å². The van der Waals surface area contributed by atoms with E-state index < -0.39 is 0 Å². The molecule has 6 heteroatoms. The molecule has 0 radical (unpaired) electrons. The SMILES string of the molecule is Cn1ccnc1Sc1ccc(NC(=O)/C=C/c2cccc3cccnc23)cc1. The second-order valence-corrected chi connectivity index (χ2v) is 7.23. The van der Waals surface area contributed by atoms with E-state index in [9.17, 15) is 4.79 Å². The number of nitrogens with zero attached hydrogens (tertiary/aromatic N) is 3. The standard InChI is InChI=1S/C22H18N4OS/c1-26-15-14-24-22(26)28-19-10-8-18(9-11-19)25-20(27)12-7-17-5-2-4-16-6-3-13-23-21(16)17/h2-15H,1H3,(H,25,27)/b12-7+. The Balaban J connectivity index is 1.42. The van der Waals surface area contributed by atoms with Gasteiger partial charge in [-0.3, -0.25) is 9.78 Å². The first-order valence-electron chi connectivity index (χ1n) is 8.77. The molecule has 0 unspecified atom stereocenters. The Kier molecular flexibility index (Phi) is 5.21. The number of nitrogens with one attached hydrogen (secondary N) is 1. The fourth-order valence-electron chi connectivity index (χ4n) is 2.77. The number of fused-ring (bicyclic) bond motifs is 1. The average molecular weight is 386 g/mol. The summed E-state index contributed by atoms with van der Waals surface area (Å²) in [5, 5.41) is 4.85. The zero-order valence-electron chi connectivity index (χ0n) is 15.2. The van der Waals surface area contributed by atoms with Gasteiger partial charge in [-0.25, -0.2) is 4.98 Å². The second kappa shape index (κ2) is 8.10. The zero-order valence-corrected chi connectivity index (χ0v) is 16.1. The van der Waals surface area contributed by atoms with Crippen molar-refractivity contribution in [2.24, 2.45) is 7.05 Å². The van der Waals surface area contributed by atoms with Crippen LogP contribution in [0.4, 0.5) is 5.69 Å². The predicted octanol–water partition coefficient (Wildman–Crippen LogP) is 4.77. The van der Waals surface area contributed by atoms with Crippen molar-refractivity contribution in [3.63, 3.8) is 0 Å². The summed E-state index contributed by atoms with van der Waals surface area (Å²) in [5.74, 6) is -0.183. The van der Waals surface area contributed by atoms with Gasteiger partial charge in [-0.2, -0.15) is 0 Å². The number of para-hydroxylation sites is 1. The number of hydrogen-bond donors (Lipinski definition) is 1. The molecule has 2 heterocycles. The Morgan fingerprint density at radius 3 is 2.64 bits per heavy atom. The molecule has 2 aromatic heterocycles. The maximum atomic E-state index is 12.3. The van der Waals surface area contributed by atoms with Crippen molar-refractivity contribution in [2.45, 2.75) is 10.1 Å². The van der Waals surface area contributed by atoms with Crippen molar-refractivity contribution in [1.29, 1.82) is 0 Å². The Hall–Kier alpha value is -3.38. The number of carbonyl (C=O) groups excluding carboxylic acids is 1. The number of aromatic nitrogens is 3. The highest BCUT2D eigenvalue weighted by Crippen LogP contribution is 2.26. The van der Waals surface area contributed by atoms with Crippen LogP contribution in [0.25, 0.3) is 17.0 Å². The summed E-state index contributed by atoms with van der Waals surface area (Å²) < 4.78 is 1.97. The Morgan fingerprint density at radius 2 is 1.86 bits per heavy atom. The molecule has 0 fully saturated rings. The van der Waals surface area contributed by atoms with E-state index in [-0.39, 0.29) is 5.91 Å². The first kappa shape index (κ1) is 18.0. The van der Waals surface area contributed by atoms with Crippen LogP contribution in [0.3, 0.4) is 0 Å². The van der Waals surface area contributed by atoms with Crippen molar-refractivity contribution in [3.05, 3.63) is 84.8 Å². The van der Waals surface area contributed by atoms with Gasteiger partial charge in [-0.1, -0.05) is 36.0 Å². The number of aryl methyl sites for hydroxylation is 1. The lowest BCUT2D eigenvalue weighted by Gasteiger charge is -2.05. The average Bonchev–Trinajstić information content (AvgIpc) is 3.12. The van der Waals surface area contributed by atoms with Crippen molar-refractivity contribution in [2.75, 3.05) is 5.32 Å².